The Labute approximate surface area is 131 Å². The monoisotopic (exact) mass is 304 g/mol. The van der Waals surface area contributed by atoms with Crippen molar-refractivity contribution >= 4 is 11.8 Å². The number of hydrogen-bond donors (Lipinski definition) is 2. The summed E-state index contributed by atoms with van der Waals surface area (Å²) in [5.74, 6) is -0.660. The zero-order chi connectivity index (χ0) is 16.5. The van der Waals surface area contributed by atoms with Crippen LogP contribution in [0.3, 0.4) is 0 Å². The van der Waals surface area contributed by atoms with Gasteiger partial charge in [0.25, 0.3) is 11.8 Å². The van der Waals surface area contributed by atoms with Crippen molar-refractivity contribution in [3.05, 3.63) is 35.4 Å². The van der Waals surface area contributed by atoms with Gasteiger partial charge in [-0.15, -0.1) is 0 Å². The molecule has 1 aliphatic rings. The number of imide groups is 1. The van der Waals surface area contributed by atoms with Crippen LogP contribution >= 0.6 is 0 Å². The van der Waals surface area contributed by atoms with Gasteiger partial charge in [0.05, 0.1) is 23.8 Å². The van der Waals surface area contributed by atoms with Gasteiger partial charge in [-0.25, -0.2) is 0 Å². The van der Waals surface area contributed by atoms with Gasteiger partial charge < -0.3 is 10.4 Å². The van der Waals surface area contributed by atoms with Crippen LogP contribution in [0.25, 0.3) is 0 Å². The predicted octanol–water partition coefficient (Wildman–Crippen LogP) is 1.67. The number of fused-ring (bicyclic) bond motifs is 1. The van der Waals surface area contributed by atoms with Crippen LogP contribution in [0.5, 0.6) is 0 Å². The van der Waals surface area contributed by atoms with Crippen LogP contribution < -0.4 is 5.32 Å². The molecule has 0 radical (unpaired) electrons. The molecule has 120 valence electrons. The summed E-state index contributed by atoms with van der Waals surface area (Å²) in [7, 11) is 0. The van der Waals surface area contributed by atoms with Crippen LogP contribution in [-0.4, -0.2) is 47.1 Å². The van der Waals surface area contributed by atoms with Crippen LogP contribution in [0.4, 0.5) is 0 Å². The third-order valence-electron chi connectivity index (χ3n) is 4.23. The second-order valence-electron chi connectivity index (χ2n) is 6.92. The van der Waals surface area contributed by atoms with Crippen molar-refractivity contribution in [1.29, 1.82) is 0 Å². The fraction of sp³-hybridized carbons (Fsp3) is 0.529. The number of nitrogens with one attached hydrogen (secondary N) is 1. The highest BCUT2D eigenvalue weighted by Crippen LogP contribution is 2.22. The van der Waals surface area contributed by atoms with E-state index in [9.17, 15) is 14.7 Å². The van der Waals surface area contributed by atoms with E-state index in [1.54, 1.807) is 24.3 Å². The number of β-amino-alcohol motifs (C(OH)–C–C–N with tert-alkyl or cyclic N) is 1. The molecule has 0 aromatic heterocycles. The number of aliphatic hydroxyl groups is 1. The molecule has 0 bridgehead atoms. The van der Waals surface area contributed by atoms with E-state index in [0.717, 1.165) is 4.90 Å². The van der Waals surface area contributed by atoms with Gasteiger partial charge in [0.15, 0.2) is 0 Å². The molecule has 5 nitrogen and oxygen atoms in total. The summed E-state index contributed by atoms with van der Waals surface area (Å²) in [4.78, 5) is 25.6. The Morgan fingerprint density at radius 1 is 1.14 bits per heavy atom. The number of benzene rings is 1. The normalized spacial score (nSPS) is 17.6. The van der Waals surface area contributed by atoms with Crippen LogP contribution in [0.15, 0.2) is 24.3 Å². The zero-order valence-corrected chi connectivity index (χ0v) is 13.6. The average Bonchev–Trinajstić information content (AvgIpc) is 2.69. The highest BCUT2D eigenvalue weighted by atomic mass is 16.3. The van der Waals surface area contributed by atoms with Gasteiger partial charge in [-0.3, -0.25) is 14.5 Å². The number of amides is 2. The Bertz CT molecular complexity index is 543. The Hall–Kier alpha value is -1.72. The van der Waals surface area contributed by atoms with Gasteiger partial charge in [0, 0.05) is 12.6 Å². The molecule has 1 heterocycles. The maximum atomic E-state index is 12.2. The number of carbonyl (C=O) groups is 2. The fourth-order valence-corrected chi connectivity index (χ4v) is 2.30. The molecular formula is C17H24N2O3. The van der Waals surface area contributed by atoms with E-state index < -0.39 is 6.10 Å². The lowest BCUT2D eigenvalue weighted by Gasteiger charge is -2.29. The van der Waals surface area contributed by atoms with Gasteiger partial charge >= 0.3 is 0 Å². The highest BCUT2D eigenvalue weighted by Gasteiger charge is 2.36. The van der Waals surface area contributed by atoms with Crippen LogP contribution in [0.1, 0.15) is 48.4 Å². The first-order valence-corrected chi connectivity index (χ1v) is 7.58. The molecule has 0 fully saturated rings. The van der Waals surface area contributed by atoms with E-state index in [0.29, 0.717) is 17.7 Å². The van der Waals surface area contributed by atoms with E-state index in [1.807, 2.05) is 0 Å². The number of carbonyl (C=O) groups excluding carboxylic acids is 2. The highest BCUT2D eigenvalue weighted by molar-refractivity contribution is 6.21. The number of hydrogen-bond acceptors (Lipinski definition) is 4. The number of rotatable bonds is 5. The van der Waals surface area contributed by atoms with Crippen LogP contribution in [0, 0.1) is 5.41 Å². The summed E-state index contributed by atoms with van der Waals surface area (Å²) in [6.45, 7) is 8.74. The molecule has 0 spiro atoms. The van der Waals surface area contributed by atoms with E-state index in [2.05, 4.69) is 33.0 Å². The molecule has 0 saturated carbocycles. The van der Waals surface area contributed by atoms with E-state index >= 15 is 0 Å². The maximum Gasteiger partial charge on any atom is 0.261 e. The third kappa shape index (κ3) is 3.36. The lowest BCUT2D eigenvalue weighted by molar-refractivity contribution is 0.0535. The molecule has 2 rings (SSSR count). The van der Waals surface area contributed by atoms with Crippen LogP contribution in [0.2, 0.25) is 0 Å². The van der Waals surface area contributed by atoms with Crippen molar-refractivity contribution in [3.63, 3.8) is 0 Å². The molecule has 0 saturated heterocycles. The largest absolute Gasteiger partial charge is 0.390 e. The standard InChI is InChI=1S/C17H24N2O3/c1-11(17(2,3)4)18-9-12(20)10-19-15(21)13-7-5-6-8-14(13)16(19)22/h5-8,11-12,18,20H,9-10H2,1-4H3/t11?,12-/m1/s1. The Morgan fingerprint density at radius 3 is 2.09 bits per heavy atom. The molecule has 5 heteroatoms. The lowest BCUT2D eigenvalue weighted by atomic mass is 9.88. The van der Waals surface area contributed by atoms with Crippen molar-refractivity contribution in [1.82, 2.24) is 10.2 Å². The first kappa shape index (κ1) is 16.6. The second kappa shape index (κ2) is 6.18. The maximum absolute atomic E-state index is 12.2. The quantitative estimate of drug-likeness (QED) is 0.812. The molecule has 2 N–H and O–H groups in total. The van der Waals surface area contributed by atoms with E-state index in [4.69, 9.17) is 0 Å². The molecule has 2 amide bonds. The lowest BCUT2D eigenvalue weighted by Crippen LogP contribution is -2.46. The smallest absolute Gasteiger partial charge is 0.261 e. The summed E-state index contributed by atoms with van der Waals surface area (Å²) >= 11 is 0. The minimum Gasteiger partial charge on any atom is -0.390 e. The molecule has 2 atom stereocenters. The van der Waals surface area contributed by atoms with Gasteiger partial charge in [0.2, 0.25) is 0 Å². The van der Waals surface area contributed by atoms with Gasteiger partial charge in [-0.05, 0) is 24.5 Å². The molecule has 1 aromatic rings. The van der Waals surface area contributed by atoms with Crippen molar-refractivity contribution in [2.45, 2.75) is 39.8 Å². The first-order chi connectivity index (χ1) is 10.2. The summed E-state index contributed by atoms with van der Waals surface area (Å²) in [5, 5.41) is 13.4. The average molecular weight is 304 g/mol. The molecule has 1 aliphatic heterocycles. The number of nitrogens with zero attached hydrogens (tertiary/aromatic N) is 1. The van der Waals surface area contributed by atoms with E-state index in [-0.39, 0.29) is 29.8 Å². The summed E-state index contributed by atoms with van der Waals surface area (Å²) in [6, 6.07) is 6.96. The SMILES string of the molecule is CC(NC[C@@H](O)CN1C(=O)c2ccccc2C1=O)C(C)(C)C. The summed E-state index contributed by atoms with van der Waals surface area (Å²) < 4.78 is 0. The fourth-order valence-electron chi connectivity index (χ4n) is 2.30. The van der Waals surface area contributed by atoms with Crippen molar-refractivity contribution in [2.75, 3.05) is 13.1 Å². The second-order valence-corrected chi connectivity index (χ2v) is 6.92. The zero-order valence-electron chi connectivity index (χ0n) is 13.6. The molecular weight excluding hydrogens is 280 g/mol. The third-order valence-corrected chi connectivity index (χ3v) is 4.23. The Morgan fingerprint density at radius 2 is 1.64 bits per heavy atom. The first-order valence-electron chi connectivity index (χ1n) is 7.58. The van der Waals surface area contributed by atoms with E-state index in [1.165, 1.54) is 0 Å². The molecule has 22 heavy (non-hydrogen) atoms. The minimum atomic E-state index is -0.785. The van der Waals surface area contributed by atoms with Gasteiger partial charge in [0.1, 0.15) is 0 Å². The summed E-state index contributed by atoms with van der Waals surface area (Å²) in [6.07, 6.45) is -0.785. The molecule has 1 unspecified atom stereocenters. The molecule has 0 aliphatic carbocycles. The van der Waals surface area contributed by atoms with Crippen LogP contribution in [-0.2, 0) is 0 Å². The van der Waals surface area contributed by atoms with Crippen molar-refractivity contribution in [3.8, 4) is 0 Å². The predicted molar refractivity (Wildman–Crippen MR) is 84.7 cm³/mol. The Kier molecular flexibility index (Phi) is 4.68. The van der Waals surface area contributed by atoms with Crippen molar-refractivity contribution < 1.29 is 14.7 Å². The summed E-state index contributed by atoms with van der Waals surface area (Å²) in [5.41, 5.74) is 0.904. The van der Waals surface area contributed by atoms with Gasteiger partial charge in [-0.1, -0.05) is 32.9 Å². The topological polar surface area (TPSA) is 69.6 Å². The number of aliphatic hydroxyl groups excluding tert-OH is 1. The van der Waals surface area contributed by atoms with Gasteiger partial charge in [-0.2, -0.15) is 0 Å². The van der Waals surface area contributed by atoms with Crippen molar-refractivity contribution in [2.24, 2.45) is 5.41 Å². The minimum absolute atomic E-state index is 0.0101. The Balaban J connectivity index is 1.95. The molecule has 1 aromatic carbocycles.